The van der Waals surface area contributed by atoms with Gasteiger partial charge in [0.1, 0.15) is 0 Å². The van der Waals surface area contributed by atoms with Crippen LogP contribution >= 0.6 is 0 Å². The molecule has 0 fully saturated rings. The van der Waals surface area contributed by atoms with Crippen molar-refractivity contribution >= 4 is 5.97 Å². The van der Waals surface area contributed by atoms with Crippen molar-refractivity contribution in [3.63, 3.8) is 0 Å². The summed E-state index contributed by atoms with van der Waals surface area (Å²) in [5.74, 6) is 5.61. The van der Waals surface area contributed by atoms with Crippen LogP contribution in [0.5, 0.6) is 0 Å². The maximum Gasteiger partial charge on any atom is 0.331 e. The molecule has 0 aromatic heterocycles. The Morgan fingerprint density at radius 2 is 2.14 bits per heavy atom. The molecule has 0 atom stereocenters. The van der Waals surface area contributed by atoms with Crippen molar-refractivity contribution in [3.05, 3.63) is 11.6 Å². The summed E-state index contributed by atoms with van der Waals surface area (Å²) in [5, 5.41) is 0. The normalized spacial score (nSPS) is 10.4. The van der Waals surface area contributed by atoms with E-state index in [9.17, 15) is 4.79 Å². The van der Waals surface area contributed by atoms with Crippen LogP contribution in [0.1, 0.15) is 40.0 Å². The lowest BCUT2D eigenvalue weighted by Crippen LogP contribution is -1.99. The molecule has 0 heterocycles. The first-order chi connectivity index (χ1) is 6.70. The molecule has 0 rings (SSSR count). The molecule has 0 radical (unpaired) electrons. The summed E-state index contributed by atoms with van der Waals surface area (Å²) in [6.07, 6.45) is 4.59. The molecule has 78 valence electrons. The van der Waals surface area contributed by atoms with Crippen molar-refractivity contribution in [1.29, 1.82) is 0 Å². The summed E-state index contributed by atoms with van der Waals surface area (Å²) >= 11 is 0. The predicted octanol–water partition coefficient (Wildman–Crippen LogP) is 2.69. The third-order valence-electron chi connectivity index (χ3n) is 1.56. The first-order valence-electron chi connectivity index (χ1n) is 5.04. The highest BCUT2D eigenvalue weighted by atomic mass is 16.5. The Hall–Kier alpha value is -1.23. The van der Waals surface area contributed by atoms with Gasteiger partial charge in [-0.05, 0) is 20.3 Å². The summed E-state index contributed by atoms with van der Waals surface area (Å²) in [6.45, 7) is 6.14. The minimum atomic E-state index is -0.310. The number of hydrogen-bond donors (Lipinski definition) is 0. The Bertz CT molecular complexity index is 253. The van der Waals surface area contributed by atoms with Crippen LogP contribution in [0.15, 0.2) is 11.6 Å². The highest BCUT2D eigenvalue weighted by Crippen LogP contribution is 1.94. The molecule has 0 aromatic rings. The smallest absolute Gasteiger partial charge is 0.331 e. The minimum Gasteiger partial charge on any atom is -0.463 e. The van der Waals surface area contributed by atoms with Gasteiger partial charge in [0.2, 0.25) is 0 Å². The second-order valence-electron chi connectivity index (χ2n) is 2.98. The van der Waals surface area contributed by atoms with E-state index in [-0.39, 0.29) is 5.97 Å². The minimum absolute atomic E-state index is 0.310. The second-order valence-corrected chi connectivity index (χ2v) is 2.98. The third-order valence-corrected chi connectivity index (χ3v) is 1.56. The molecule has 14 heavy (non-hydrogen) atoms. The predicted molar refractivity (Wildman–Crippen MR) is 57.7 cm³/mol. The van der Waals surface area contributed by atoms with E-state index in [1.165, 1.54) is 6.08 Å². The largest absolute Gasteiger partial charge is 0.463 e. The molecule has 0 aliphatic heterocycles. The second kappa shape index (κ2) is 8.37. The molecule has 2 heteroatoms. The summed E-state index contributed by atoms with van der Waals surface area (Å²) in [4.78, 5) is 11.0. The highest BCUT2D eigenvalue weighted by Gasteiger charge is 1.94. The molecule has 0 spiro atoms. The zero-order chi connectivity index (χ0) is 10.8. The topological polar surface area (TPSA) is 26.3 Å². The van der Waals surface area contributed by atoms with Gasteiger partial charge >= 0.3 is 5.97 Å². The van der Waals surface area contributed by atoms with Gasteiger partial charge in [-0.3, -0.25) is 0 Å². The Balaban J connectivity index is 3.96. The van der Waals surface area contributed by atoms with E-state index in [1.807, 2.05) is 6.92 Å². The van der Waals surface area contributed by atoms with Crippen LogP contribution in [0.4, 0.5) is 0 Å². The van der Waals surface area contributed by atoms with E-state index in [4.69, 9.17) is 4.74 Å². The molecule has 0 saturated heterocycles. The lowest BCUT2D eigenvalue weighted by molar-refractivity contribution is -0.137. The molecule has 0 aromatic carbocycles. The molecular formula is C12H18O2. The fourth-order valence-electron chi connectivity index (χ4n) is 0.864. The van der Waals surface area contributed by atoms with Gasteiger partial charge in [-0.1, -0.05) is 25.2 Å². The Labute approximate surface area is 86.3 Å². The fraction of sp³-hybridized carbons (Fsp3) is 0.583. The lowest BCUT2D eigenvalue weighted by atomic mass is 10.2. The number of carbonyl (C=O) groups excluding carboxylic acids is 1. The number of ether oxygens (including phenoxy) is 1. The maximum absolute atomic E-state index is 11.0. The van der Waals surface area contributed by atoms with Crippen LogP contribution in [-0.4, -0.2) is 12.6 Å². The zero-order valence-electron chi connectivity index (χ0n) is 9.22. The fourth-order valence-corrected chi connectivity index (χ4v) is 0.864. The maximum atomic E-state index is 11.0. The monoisotopic (exact) mass is 194 g/mol. The molecule has 0 bridgehead atoms. The summed E-state index contributed by atoms with van der Waals surface area (Å²) in [7, 11) is 0. The van der Waals surface area contributed by atoms with Gasteiger partial charge in [0, 0.05) is 18.1 Å². The van der Waals surface area contributed by atoms with Crippen molar-refractivity contribution in [3.8, 4) is 11.8 Å². The van der Waals surface area contributed by atoms with Gasteiger partial charge in [0.15, 0.2) is 0 Å². The van der Waals surface area contributed by atoms with E-state index in [0.717, 1.165) is 24.8 Å². The van der Waals surface area contributed by atoms with Gasteiger partial charge < -0.3 is 4.74 Å². The van der Waals surface area contributed by atoms with Crippen LogP contribution in [0.25, 0.3) is 0 Å². The van der Waals surface area contributed by atoms with Gasteiger partial charge in [0.05, 0.1) is 6.61 Å². The van der Waals surface area contributed by atoms with Gasteiger partial charge in [-0.2, -0.15) is 0 Å². The Morgan fingerprint density at radius 1 is 1.43 bits per heavy atom. The summed E-state index contributed by atoms with van der Waals surface area (Å²) < 4.78 is 4.76. The van der Waals surface area contributed by atoms with Crippen LogP contribution in [-0.2, 0) is 9.53 Å². The van der Waals surface area contributed by atoms with Crippen molar-refractivity contribution < 1.29 is 9.53 Å². The molecule has 2 nitrogen and oxygen atoms in total. The van der Waals surface area contributed by atoms with Gasteiger partial charge in [-0.25, -0.2) is 4.79 Å². The first kappa shape index (κ1) is 12.8. The van der Waals surface area contributed by atoms with Crippen molar-refractivity contribution in [1.82, 2.24) is 0 Å². The van der Waals surface area contributed by atoms with E-state index in [2.05, 4.69) is 18.8 Å². The van der Waals surface area contributed by atoms with E-state index >= 15 is 0 Å². The number of hydrogen-bond acceptors (Lipinski definition) is 2. The average molecular weight is 194 g/mol. The van der Waals surface area contributed by atoms with Crippen molar-refractivity contribution in [2.24, 2.45) is 0 Å². The standard InChI is InChI=1S/C12H18O2/c1-4-6-7-8-9-11(3)10-12(13)14-5-2/h10H,4-7H2,1-3H3/b11-10-. The quantitative estimate of drug-likeness (QED) is 0.298. The molecule has 0 saturated carbocycles. The van der Waals surface area contributed by atoms with Gasteiger partial charge in [-0.15, -0.1) is 0 Å². The number of unbranched alkanes of at least 4 members (excludes halogenated alkanes) is 2. The van der Waals surface area contributed by atoms with Crippen LogP contribution in [0.2, 0.25) is 0 Å². The van der Waals surface area contributed by atoms with Crippen LogP contribution < -0.4 is 0 Å². The number of allylic oxidation sites excluding steroid dienone is 1. The SMILES string of the molecule is CCCCC#C/C(C)=C\C(=O)OCC. The van der Waals surface area contributed by atoms with Crippen molar-refractivity contribution in [2.75, 3.05) is 6.61 Å². The van der Waals surface area contributed by atoms with E-state index in [1.54, 1.807) is 6.92 Å². The average Bonchev–Trinajstić information content (AvgIpc) is 2.13. The first-order valence-corrected chi connectivity index (χ1v) is 5.04. The lowest BCUT2D eigenvalue weighted by Gasteiger charge is -1.94. The zero-order valence-corrected chi connectivity index (χ0v) is 9.22. The van der Waals surface area contributed by atoms with Gasteiger partial charge in [0.25, 0.3) is 0 Å². The summed E-state index contributed by atoms with van der Waals surface area (Å²) in [6, 6.07) is 0. The van der Waals surface area contributed by atoms with Crippen LogP contribution in [0.3, 0.4) is 0 Å². The number of carbonyl (C=O) groups is 1. The number of rotatable bonds is 4. The van der Waals surface area contributed by atoms with E-state index < -0.39 is 0 Å². The Kier molecular flexibility index (Phi) is 7.64. The van der Waals surface area contributed by atoms with Crippen LogP contribution in [0, 0.1) is 11.8 Å². The van der Waals surface area contributed by atoms with Crippen molar-refractivity contribution in [2.45, 2.75) is 40.0 Å². The summed E-state index contributed by atoms with van der Waals surface area (Å²) in [5.41, 5.74) is 0.763. The molecule has 0 N–H and O–H groups in total. The molecule has 0 unspecified atom stereocenters. The van der Waals surface area contributed by atoms with E-state index in [0.29, 0.717) is 6.61 Å². The molecule has 0 aliphatic carbocycles. The third kappa shape index (κ3) is 7.42. The molecule has 0 aliphatic rings. The number of esters is 1. The molecular weight excluding hydrogens is 176 g/mol. The molecule has 0 amide bonds. The highest BCUT2D eigenvalue weighted by molar-refractivity contribution is 5.83. The Morgan fingerprint density at radius 3 is 2.71 bits per heavy atom.